The SMILES string of the molecule is O=C(NNC(=S)NCCCN1CCOCC1)c1cc(Cl)ccc1Cl. The summed E-state index contributed by atoms with van der Waals surface area (Å²) in [5.41, 5.74) is 5.43. The largest absolute Gasteiger partial charge is 0.379 e. The molecule has 0 bridgehead atoms. The van der Waals surface area contributed by atoms with E-state index >= 15 is 0 Å². The van der Waals surface area contributed by atoms with Gasteiger partial charge < -0.3 is 10.1 Å². The quantitative estimate of drug-likeness (QED) is 0.404. The van der Waals surface area contributed by atoms with Crippen molar-refractivity contribution in [1.82, 2.24) is 21.1 Å². The molecule has 2 rings (SSSR count). The summed E-state index contributed by atoms with van der Waals surface area (Å²) in [4.78, 5) is 14.4. The average Bonchev–Trinajstić information content (AvgIpc) is 2.59. The normalized spacial score (nSPS) is 14.9. The number of thiocarbonyl (C=S) groups is 1. The summed E-state index contributed by atoms with van der Waals surface area (Å²) in [7, 11) is 0. The molecule has 1 saturated heterocycles. The van der Waals surface area contributed by atoms with Crippen LogP contribution in [0.3, 0.4) is 0 Å². The molecular formula is C15H20Cl2N4O2S. The van der Waals surface area contributed by atoms with Crippen molar-refractivity contribution in [2.75, 3.05) is 39.4 Å². The van der Waals surface area contributed by atoms with E-state index in [2.05, 4.69) is 21.1 Å². The van der Waals surface area contributed by atoms with Crippen molar-refractivity contribution in [1.29, 1.82) is 0 Å². The summed E-state index contributed by atoms with van der Waals surface area (Å²) in [6, 6.07) is 4.69. The molecule has 1 heterocycles. The van der Waals surface area contributed by atoms with Gasteiger partial charge in [-0.2, -0.15) is 0 Å². The minimum Gasteiger partial charge on any atom is -0.379 e. The van der Waals surface area contributed by atoms with E-state index in [-0.39, 0.29) is 5.56 Å². The molecule has 24 heavy (non-hydrogen) atoms. The molecule has 0 spiro atoms. The zero-order valence-corrected chi connectivity index (χ0v) is 15.4. The van der Waals surface area contributed by atoms with Crippen LogP contribution in [0.4, 0.5) is 0 Å². The summed E-state index contributed by atoms with van der Waals surface area (Å²) >= 11 is 17.0. The van der Waals surface area contributed by atoms with Crippen LogP contribution in [-0.4, -0.2) is 55.3 Å². The fourth-order valence-electron chi connectivity index (χ4n) is 2.23. The summed E-state index contributed by atoms with van der Waals surface area (Å²) in [6.07, 6.45) is 0.954. The molecule has 132 valence electrons. The molecule has 0 atom stereocenters. The minimum absolute atomic E-state index is 0.284. The Morgan fingerprint density at radius 1 is 1.25 bits per heavy atom. The van der Waals surface area contributed by atoms with Gasteiger partial charge in [0.2, 0.25) is 0 Å². The molecule has 1 aromatic carbocycles. The third-order valence-electron chi connectivity index (χ3n) is 3.50. The highest BCUT2D eigenvalue weighted by atomic mass is 35.5. The van der Waals surface area contributed by atoms with Gasteiger partial charge in [-0.25, -0.2) is 0 Å². The van der Waals surface area contributed by atoms with Gasteiger partial charge in [0.25, 0.3) is 5.91 Å². The van der Waals surface area contributed by atoms with E-state index in [1.165, 1.54) is 6.07 Å². The smallest absolute Gasteiger partial charge is 0.271 e. The Balaban J connectivity index is 1.63. The number of hydrogen-bond donors (Lipinski definition) is 3. The highest BCUT2D eigenvalue weighted by molar-refractivity contribution is 7.80. The fourth-order valence-corrected chi connectivity index (χ4v) is 2.75. The van der Waals surface area contributed by atoms with Crippen molar-refractivity contribution in [3.05, 3.63) is 33.8 Å². The van der Waals surface area contributed by atoms with Gasteiger partial charge in [-0.15, -0.1) is 0 Å². The lowest BCUT2D eigenvalue weighted by molar-refractivity contribution is 0.0376. The van der Waals surface area contributed by atoms with E-state index in [0.717, 1.165) is 45.8 Å². The number of hydrogen-bond acceptors (Lipinski definition) is 4. The number of hydrazine groups is 1. The monoisotopic (exact) mass is 390 g/mol. The van der Waals surface area contributed by atoms with Gasteiger partial charge in [0.1, 0.15) is 0 Å². The van der Waals surface area contributed by atoms with E-state index < -0.39 is 5.91 Å². The van der Waals surface area contributed by atoms with Gasteiger partial charge >= 0.3 is 0 Å². The molecule has 1 fully saturated rings. The lowest BCUT2D eigenvalue weighted by Crippen LogP contribution is -2.47. The summed E-state index contributed by atoms with van der Waals surface area (Å²) in [5.74, 6) is -0.403. The lowest BCUT2D eigenvalue weighted by atomic mass is 10.2. The Morgan fingerprint density at radius 2 is 2.00 bits per heavy atom. The summed E-state index contributed by atoms with van der Waals surface area (Å²) < 4.78 is 5.30. The number of halogens is 2. The zero-order valence-electron chi connectivity index (χ0n) is 13.1. The average molecular weight is 391 g/mol. The van der Waals surface area contributed by atoms with Crippen LogP contribution < -0.4 is 16.2 Å². The number of benzene rings is 1. The van der Waals surface area contributed by atoms with Crippen LogP contribution in [0.2, 0.25) is 10.0 Å². The van der Waals surface area contributed by atoms with Gasteiger partial charge in [-0.05, 0) is 43.4 Å². The number of ether oxygens (including phenoxy) is 1. The van der Waals surface area contributed by atoms with Crippen LogP contribution in [0.1, 0.15) is 16.8 Å². The van der Waals surface area contributed by atoms with Crippen LogP contribution in [-0.2, 0) is 4.74 Å². The molecule has 6 nitrogen and oxygen atoms in total. The van der Waals surface area contributed by atoms with Crippen LogP contribution >= 0.6 is 35.4 Å². The molecule has 1 aliphatic rings. The maximum Gasteiger partial charge on any atom is 0.271 e. The Kier molecular flexibility index (Phi) is 8.01. The number of amides is 1. The van der Waals surface area contributed by atoms with Crippen molar-refractivity contribution in [2.24, 2.45) is 0 Å². The van der Waals surface area contributed by atoms with Crippen LogP contribution in [0.5, 0.6) is 0 Å². The van der Waals surface area contributed by atoms with Gasteiger partial charge in [-0.1, -0.05) is 23.2 Å². The molecular weight excluding hydrogens is 371 g/mol. The molecule has 9 heteroatoms. The molecule has 1 aliphatic heterocycles. The molecule has 0 saturated carbocycles. The number of morpholine rings is 1. The van der Waals surface area contributed by atoms with Gasteiger partial charge in [0.15, 0.2) is 5.11 Å². The van der Waals surface area contributed by atoms with Crippen LogP contribution in [0.15, 0.2) is 18.2 Å². The third-order valence-corrected chi connectivity index (χ3v) is 4.31. The second-order valence-electron chi connectivity index (χ2n) is 5.27. The highest BCUT2D eigenvalue weighted by Gasteiger charge is 2.11. The molecule has 0 aliphatic carbocycles. The first-order valence-corrected chi connectivity index (χ1v) is 8.82. The van der Waals surface area contributed by atoms with Crippen molar-refractivity contribution >= 4 is 46.4 Å². The van der Waals surface area contributed by atoms with Crippen molar-refractivity contribution in [3.8, 4) is 0 Å². The minimum atomic E-state index is -0.403. The Hall–Kier alpha value is -1.12. The van der Waals surface area contributed by atoms with E-state index in [9.17, 15) is 4.79 Å². The standard InChI is InChI=1S/C15H20Cl2N4O2S/c16-11-2-3-13(17)12(10-11)14(22)19-20-15(24)18-4-1-5-21-6-8-23-9-7-21/h2-3,10H,1,4-9H2,(H,19,22)(H2,18,20,24). The van der Waals surface area contributed by atoms with E-state index in [1.54, 1.807) is 12.1 Å². The zero-order chi connectivity index (χ0) is 17.4. The van der Waals surface area contributed by atoms with E-state index in [0.29, 0.717) is 15.2 Å². The van der Waals surface area contributed by atoms with Gasteiger partial charge in [0, 0.05) is 24.7 Å². The van der Waals surface area contributed by atoms with Crippen LogP contribution in [0, 0.1) is 0 Å². The highest BCUT2D eigenvalue weighted by Crippen LogP contribution is 2.20. The molecule has 0 radical (unpaired) electrons. The number of carbonyl (C=O) groups excluding carboxylic acids is 1. The first-order valence-electron chi connectivity index (χ1n) is 7.65. The number of nitrogens with zero attached hydrogens (tertiary/aromatic N) is 1. The first kappa shape index (κ1) is 19.2. The molecule has 1 aromatic rings. The fraction of sp³-hybridized carbons (Fsp3) is 0.467. The maximum absolute atomic E-state index is 12.0. The first-order chi connectivity index (χ1) is 11.6. The Bertz CT molecular complexity index is 583. The van der Waals surface area contributed by atoms with Gasteiger partial charge in [0.05, 0.1) is 23.8 Å². The van der Waals surface area contributed by atoms with Gasteiger partial charge in [-0.3, -0.25) is 20.5 Å². The van der Waals surface area contributed by atoms with Crippen molar-refractivity contribution < 1.29 is 9.53 Å². The number of nitrogens with one attached hydrogen (secondary N) is 3. The third kappa shape index (κ3) is 6.41. The Labute approximate surface area is 156 Å². The maximum atomic E-state index is 12.0. The Morgan fingerprint density at radius 3 is 2.75 bits per heavy atom. The second-order valence-corrected chi connectivity index (χ2v) is 6.52. The predicted molar refractivity (Wildman–Crippen MR) is 99.5 cm³/mol. The molecule has 0 unspecified atom stereocenters. The lowest BCUT2D eigenvalue weighted by Gasteiger charge is -2.26. The molecule has 0 aromatic heterocycles. The predicted octanol–water partition coefficient (Wildman–Crippen LogP) is 1.82. The molecule has 3 N–H and O–H groups in total. The number of rotatable bonds is 5. The van der Waals surface area contributed by atoms with Crippen molar-refractivity contribution in [2.45, 2.75) is 6.42 Å². The number of carbonyl (C=O) groups is 1. The molecule has 1 amide bonds. The van der Waals surface area contributed by atoms with Crippen LogP contribution in [0.25, 0.3) is 0 Å². The summed E-state index contributed by atoms with van der Waals surface area (Å²) in [5, 5.41) is 4.15. The van der Waals surface area contributed by atoms with E-state index in [4.69, 9.17) is 40.2 Å². The topological polar surface area (TPSA) is 65.6 Å². The van der Waals surface area contributed by atoms with E-state index in [1.807, 2.05) is 0 Å². The summed E-state index contributed by atoms with van der Waals surface area (Å²) in [6.45, 7) is 5.25. The second kappa shape index (κ2) is 10.0. The van der Waals surface area contributed by atoms with Crippen molar-refractivity contribution in [3.63, 3.8) is 0 Å².